The van der Waals surface area contributed by atoms with E-state index in [1.807, 2.05) is 6.92 Å². The number of unbranched alkanes of at least 4 members (excludes halogenated alkanes) is 1. The van der Waals surface area contributed by atoms with Crippen LogP contribution in [-0.2, 0) is 13.7 Å². The van der Waals surface area contributed by atoms with Crippen molar-refractivity contribution in [2.45, 2.75) is 32.6 Å². The minimum Gasteiger partial charge on any atom is -0.478 e. The van der Waals surface area contributed by atoms with E-state index in [-0.39, 0.29) is 17.6 Å². The lowest BCUT2D eigenvalue weighted by Crippen LogP contribution is -2.03. The zero-order chi connectivity index (χ0) is 14.6. The predicted molar refractivity (Wildman–Crippen MR) is 77.6 cm³/mol. The molecule has 0 saturated heterocycles. The summed E-state index contributed by atoms with van der Waals surface area (Å²) in [5.41, 5.74) is 0.268. The minimum atomic E-state index is -1.09. The molecule has 0 heterocycles. The Bertz CT molecular complexity index is 313. The van der Waals surface area contributed by atoms with Gasteiger partial charge in [0.15, 0.2) is 0 Å². The third-order valence-electron chi connectivity index (χ3n) is 1.97. The third kappa shape index (κ3) is 11.3. The van der Waals surface area contributed by atoms with Crippen LogP contribution in [0, 0.1) is 0 Å². The number of hydrogen-bond donors (Lipinski definition) is 2. The van der Waals surface area contributed by atoms with Crippen molar-refractivity contribution in [1.29, 1.82) is 0 Å². The Morgan fingerprint density at radius 3 is 2.11 bits per heavy atom. The first-order chi connectivity index (χ1) is 8.40. The monoisotopic (exact) mass is 290 g/mol. The van der Waals surface area contributed by atoms with E-state index < -0.39 is 11.9 Å². The average molecular weight is 290 g/mol. The van der Waals surface area contributed by atoms with Gasteiger partial charge < -0.3 is 14.3 Å². The first kappa shape index (κ1) is 19.2. The van der Waals surface area contributed by atoms with E-state index in [1.165, 1.54) is 6.08 Å². The SMILES string of the molecule is C=C(CC=C(CCCC)C(=O)O)C(=O)O.[SiH3]O[SiH3]. The molecule has 0 aliphatic carbocycles. The quantitative estimate of drug-likeness (QED) is 0.500. The first-order valence-electron chi connectivity index (χ1n) is 5.64. The van der Waals surface area contributed by atoms with E-state index in [9.17, 15) is 9.59 Å². The van der Waals surface area contributed by atoms with E-state index in [1.54, 1.807) is 0 Å². The fraction of sp³-hybridized carbons (Fsp3) is 0.455. The Morgan fingerprint density at radius 2 is 1.78 bits per heavy atom. The molecular formula is C11H22O5Si2. The molecule has 0 aliphatic rings. The molecule has 0 amide bonds. The minimum absolute atomic E-state index is 0.00486. The molecule has 2 N–H and O–H groups in total. The number of carboxylic acid groups (broad SMARTS) is 2. The van der Waals surface area contributed by atoms with Crippen LogP contribution in [-0.4, -0.2) is 43.1 Å². The van der Waals surface area contributed by atoms with Gasteiger partial charge >= 0.3 is 11.9 Å². The Labute approximate surface area is 114 Å². The van der Waals surface area contributed by atoms with Gasteiger partial charge in [0.25, 0.3) is 0 Å². The molecule has 0 radical (unpaired) electrons. The second-order valence-electron chi connectivity index (χ2n) is 3.66. The lowest BCUT2D eigenvalue weighted by molar-refractivity contribution is -0.134. The van der Waals surface area contributed by atoms with Gasteiger partial charge in [0.05, 0.1) is 0 Å². The number of aliphatic carboxylic acids is 2. The molecule has 0 bridgehead atoms. The number of allylic oxidation sites excluding steroid dienone is 1. The molecule has 0 atom stereocenters. The zero-order valence-electron chi connectivity index (χ0n) is 11.2. The van der Waals surface area contributed by atoms with Crippen LogP contribution in [0.25, 0.3) is 0 Å². The average Bonchev–Trinajstić information content (AvgIpc) is 2.29. The van der Waals surface area contributed by atoms with Crippen LogP contribution in [0.3, 0.4) is 0 Å². The molecule has 104 valence electrons. The molecule has 0 aromatic heterocycles. The van der Waals surface area contributed by atoms with Crippen LogP contribution in [0.1, 0.15) is 32.6 Å². The fourth-order valence-corrected chi connectivity index (χ4v) is 0.997. The maximum atomic E-state index is 10.7. The van der Waals surface area contributed by atoms with Gasteiger partial charge in [0.1, 0.15) is 21.0 Å². The van der Waals surface area contributed by atoms with Crippen molar-refractivity contribution in [1.82, 2.24) is 0 Å². The summed E-state index contributed by atoms with van der Waals surface area (Å²) in [6.45, 7) is 5.30. The van der Waals surface area contributed by atoms with Crippen molar-refractivity contribution in [3.63, 3.8) is 0 Å². The Balaban J connectivity index is 0. The number of hydrogen-bond acceptors (Lipinski definition) is 3. The van der Waals surface area contributed by atoms with Crippen molar-refractivity contribution in [3.05, 3.63) is 23.8 Å². The van der Waals surface area contributed by atoms with Crippen molar-refractivity contribution < 1.29 is 23.9 Å². The third-order valence-corrected chi connectivity index (χ3v) is 1.97. The van der Waals surface area contributed by atoms with Gasteiger partial charge in [-0.15, -0.1) is 0 Å². The van der Waals surface area contributed by atoms with Crippen LogP contribution < -0.4 is 0 Å². The van der Waals surface area contributed by atoms with Crippen molar-refractivity contribution >= 4 is 32.9 Å². The summed E-state index contributed by atoms with van der Waals surface area (Å²) in [6, 6.07) is 0. The lowest BCUT2D eigenvalue weighted by atomic mass is 10.1. The summed E-state index contributed by atoms with van der Waals surface area (Å²) >= 11 is 0. The maximum absolute atomic E-state index is 10.7. The molecule has 18 heavy (non-hydrogen) atoms. The Morgan fingerprint density at radius 1 is 1.28 bits per heavy atom. The van der Waals surface area contributed by atoms with Crippen LogP contribution in [0.4, 0.5) is 0 Å². The van der Waals surface area contributed by atoms with Gasteiger partial charge in [-0.2, -0.15) is 0 Å². The highest BCUT2D eigenvalue weighted by molar-refractivity contribution is 6.15. The summed E-state index contributed by atoms with van der Waals surface area (Å²) in [6.07, 6.45) is 3.68. The largest absolute Gasteiger partial charge is 0.478 e. The second kappa shape index (κ2) is 12.3. The predicted octanol–water partition coefficient (Wildman–Crippen LogP) is -0.218. The molecular weight excluding hydrogens is 268 g/mol. The van der Waals surface area contributed by atoms with Crippen LogP contribution in [0.5, 0.6) is 0 Å². The smallest absolute Gasteiger partial charge is 0.331 e. The van der Waals surface area contributed by atoms with E-state index in [0.29, 0.717) is 6.42 Å². The van der Waals surface area contributed by atoms with Crippen LogP contribution >= 0.6 is 0 Å². The van der Waals surface area contributed by atoms with Gasteiger partial charge in [-0.3, -0.25) is 0 Å². The number of carbonyl (C=O) groups is 2. The Kier molecular flexibility index (Phi) is 13.1. The molecule has 0 fully saturated rings. The number of carboxylic acids is 2. The van der Waals surface area contributed by atoms with Gasteiger partial charge in [-0.05, 0) is 19.3 Å². The molecule has 7 heteroatoms. The van der Waals surface area contributed by atoms with Crippen molar-refractivity contribution in [3.8, 4) is 0 Å². The highest BCUT2D eigenvalue weighted by Gasteiger charge is 2.08. The van der Waals surface area contributed by atoms with E-state index in [0.717, 1.165) is 33.8 Å². The highest BCUT2D eigenvalue weighted by Crippen LogP contribution is 2.11. The molecule has 0 unspecified atom stereocenters. The van der Waals surface area contributed by atoms with Gasteiger partial charge in [0.2, 0.25) is 0 Å². The van der Waals surface area contributed by atoms with Crippen molar-refractivity contribution in [2.75, 3.05) is 0 Å². The normalized spacial score (nSPS) is 10.6. The van der Waals surface area contributed by atoms with E-state index in [2.05, 4.69) is 10.7 Å². The lowest BCUT2D eigenvalue weighted by Gasteiger charge is -2.01. The fourth-order valence-electron chi connectivity index (χ4n) is 0.997. The van der Waals surface area contributed by atoms with Crippen LogP contribution in [0.15, 0.2) is 23.8 Å². The summed E-state index contributed by atoms with van der Waals surface area (Å²) in [4.78, 5) is 21.2. The second-order valence-corrected chi connectivity index (χ2v) is 6.93. The molecule has 0 spiro atoms. The van der Waals surface area contributed by atoms with Gasteiger partial charge in [-0.25, -0.2) is 9.59 Å². The maximum Gasteiger partial charge on any atom is 0.331 e. The first-order valence-corrected chi connectivity index (χ1v) is 7.27. The van der Waals surface area contributed by atoms with E-state index >= 15 is 0 Å². The summed E-state index contributed by atoms with van der Waals surface area (Å²) in [5.74, 6) is -2.08. The molecule has 0 rings (SSSR count). The standard InChI is InChI=1S/C11H16O4.H6OSi2/c1-3-4-5-9(11(14)15)7-6-8(2)10(12)13;2-1-3/h7H,2-6H2,1H3,(H,12,13)(H,14,15);2-3H3. The zero-order valence-corrected chi connectivity index (χ0v) is 15.2. The van der Waals surface area contributed by atoms with E-state index in [4.69, 9.17) is 10.2 Å². The highest BCUT2D eigenvalue weighted by atomic mass is 28.3. The molecule has 0 aromatic rings. The molecule has 0 aliphatic heterocycles. The van der Waals surface area contributed by atoms with Crippen molar-refractivity contribution in [2.24, 2.45) is 0 Å². The summed E-state index contributed by atoms with van der Waals surface area (Å²) in [7, 11) is 1.86. The summed E-state index contributed by atoms with van der Waals surface area (Å²) in [5, 5.41) is 17.3. The molecule has 0 aromatic carbocycles. The van der Waals surface area contributed by atoms with Gasteiger partial charge in [-0.1, -0.05) is 26.0 Å². The topological polar surface area (TPSA) is 83.8 Å². The molecule has 0 saturated carbocycles. The number of rotatable bonds is 7. The Hall–Kier alpha value is -1.19. The molecule has 5 nitrogen and oxygen atoms in total. The summed E-state index contributed by atoms with van der Waals surface area (Å²) < 4.78 is 4.53. The van der Waals surface area contributed by atoms with Gasteiger partial charge in [0, 0.05) is 11.1 Å². The van der Waals surface area contributed by atoms with Crippen LogP contribution in [0.2, 0.25) is 0 Å².